The van der Waals surface area contributed by atoms with Gasteiger partial charge in [0.25, 0.3) is 0 Å². The summed E-state index contributed by atoms with van der Waals surface area (Å²) in [6, 6.07) is 72.7. The highest BCUT2D eigenvalue weighted by atomic mass is 16.5. The van der Waals surface area contributed by atoms with E-state index >= 15 is 0 Å². The van der Waals surface area contributed by atoms with Crippen molar-refractivity contribution >= 4 is 21.8 Å². The molecule has 0 aliphatic carbocycles. The molecule has 11 aromatic rings. The molecular weight excluding hydrogens is 1100 g/mol. The topological polar surface area (TPSA) is 62.1 Å². The second-order valence-electron chi connectivity index (χ2n) is 28.2. The molecule has 0 aliphatic rings. The number of hydrogen-bond donors (Lipinski definition) is 0. The minimum absolute atomic E-state index is 0.0180. The van der Waals surface area contributed by atoms with Crippen molar-refractivity contribution in [3.63, 3.8) is 0 Å². The number of hydrogen-bond acceptors (Lipinski definition) is 5. The largest absolute Gasteiger partial charge is 0.494 e. The predicted octanol–water partition coefficient (Wildman–Crippen LogP) is 22.4. The number of fused-ring (bicyclic) bond motifs is 3. The maximum Gasteiger partial charge on any atom is 0.164 e. The van der Waals surface area contributed by atoms with Crippen molar-refractivity contribution in [3.05, 3.63) is 250 Å². The average molecular weight is 1190 g/mol. The number of rotatable bonds is 22. The van der Waals surface area contributed by atoms with Crippen molar-refractivity contribution in [3.8, 4) is 62.5 Å². The first-order valence-electron chi connectivity index (χ1n) is 32.9. The molecule has 2 aromatic heterocycles. The fourth-order valence-electron chi connectivity index (χ4n) is 13.0. The maximum absolute atomic E-state index is 6.26. The molecule has 460 valence electrons. The number of aryl methyl sites for hydroxylation is 3. The third kappa shape index (κ3) is 13.9. The van der Waals surface area contributed by atoms with Gasteiger partial charge in [0.05, 0.1) is 24.2 Å². The van der Waals surface area contributed by atoms with E-state index < -0.39 is 0 Å². The summed E-state index contributed by atoms with van der Waals surface area (Å²) in [7, 11) is 0. The quantitative estimate of drug-likeness (QED) is 0.0633. The zero-order valence-electron chi connectivity index (χ0n) is 55.7. The van der Waals surface area contributed by atoms with Crippen LogP contribution in [0.2, 0.25) is 0 Å². The Hall–Kier alpha value is -8.61. The molecule has 0 atom stereocenters. The highest BCUT2D eigenvalue weighted by molar-refractivity contribution is 6.10. The SMILES string of the molecule is Cc1cc(-c2nc(-c3ccc(-n4c5ccc(C(C)(C)C)cc5c5cc(C(C)(C)C)ccc54)c(C)c3)nc(-c3ccc(C(C)(C)c4ccccc4)c(C)c3)n2)ccc1-c1ccc(OCCCCCCCCCCOc2ccc(C(C)(C)c3ccccc3)cc2)cc1. The zero-order valence-corrected chi connectivity index (χ0v) is 55.7. The van der Waals surface area contributed by atoms with E-state index in [-0.39, 0.29) is 21.7 Å². The molecule has 0 bridgehead atoms. The number of benzene rings is 9. The summed E-state index contributed by atoms with van der Waals surface area (Å²) in [6.07, 6.45) is 9.55. The second kappa shape index (κ2) is 26.5. The van der Waals surface area contributed by atoms with E-state index in [0.717, 1.165) is 82.2 Å². The Morgan fingerprint density at radius 3 is 1.18 bits per heavy atom. The van der Waals surface area contributed by atoms with Crippen LogP contribution in [0.4, 0.5) is 0 Å². The van der Waals surface area contributed by atoms with Gasteiger partial charge in [-0.1, -0.05) is 229 Å². The van der Waals surface area contributed by atoms with E-state index in [1.54, 1.807) is 0 Å². The summed E-state index contributed by atoms with van der Waals surface area (Å²) >= 11 is 0. The molecule has 0 N–H and O–H groups in total. The Labute approximate surface area is 536 Å². The molecule has 0 saturated carbocycles. The molecule has 0 fully saturated rings. The summed E-state index contributed by atoms with van der Waals surface area (Å²) in [4.78, 5) is 15.9. The van der Waals surface area contributed by atoms with Crippen molar-refractivity contribution in [1.82, 2.24) is 19.5 Å². The normalized spacial score (nSPS) is 12.3. The van der Waals surface area contributed by atoms with Crippen molar-refractivity contribution in [2.45, 2.75) is 163 Å². The molecular formula is C84H92N4O2. The van der Waals surface area contributed by atoms with Gasteiger partial charge < -0.3 is 14.0 Å². The third-order valence-corrected chi connectivity index (χ3v) is 18.8. The van der Waals surface area contributed by atoms with Crippen molar-refractivity contribution in [1.29, 1.82) is 0 Å². The molecule has 90 heavy (non-hydrogen) atoms. The van der Waals surface area contributed by atoms with Crippen LogP contribution in [-0.2, 0) is 21.7 Å². The van der Waals surface area contributed by atoms with Crippen LogP contribution in [0, 0.1) is 20.8 Å². The van der Waals surface area contributed by atoms with Gasteiger partial charge in [-0.25, -0.2) is 15.0 Å². The lowest BCUT2D eigenvalue weighted by atomic mass is 9.76. The first-order chi connectivity index (χ1) is 43.1. The number of ether oxygens (including phenoxy) is 2. The zero-order chi connectivity index (χ0) is 63.4. The van der Waals surface area contributed by atoms with Gasteiger partial charge in [-0.2, -0.15) is 0 Å². The number of nitrogens with zero attached hydrogens (tertiary/aromatic N) is 4. The van der Waals surface area contributed by atoms with Crippen LogP contribution in [0.1, 0.15) is 171 Å². The van der Waals surface area contributed by atoms with Gasteiger partial charge in [0.2, 0.25) is 0 Å². The summed E-state index contributed by atoms with van der Waals surface area (Å²) in [5, 5.41) is 2.55. The van der Waals surface area contributed by atoms with Gasteiger partial charge in [-0.05, 0) is 185 Å². The van der Waals surface area contributed by atoms with Crippen molar-refractivity contribution in [2.24, 2.45) is 0 Å². The van der Waals surface area contributed by atoms with Gasteiger partial charge >= 0.3 is 0 Å². The average Bonchev–Trinajstić information content (AvgIpc) is 1.61. The number of unbranched alkanes of at least 4 members (excludes halogenated alkanes) is 7. The van der Waals surface area contributed by atoms with Crippen LogP contribution >= 0.6 is 0 Å². The minimum atomic E-state index is -0.193. The molecule has 0 aliphatic heterocycles. The highest BCUT2D eigenvalue weighted by Crippen LogP contribution is 2.41. The Morgan fingerprint density at radius 2 is 0.722 bits per heavy atom. The Balaban J connectivity index is 0.758. The second-order valence-corrected chi connectivity index (χ2v) is 28.2. The molecule has 9 aromatic carbocycles. The van der Waals surface area contributed by atoms with E-state index in [1.807, 2.05) is 0 Å². The fraction of sp³-hybridized carbons (Fsp3) is 0.321. The van der Waals surface area contributed by atoms with Gasteiger partial charge in [0, 0.05) is 44.0 Å². The molecule has 6 heteroatoms. The highest BCUT2D eigenvalue weighted by Gasteiger charge is 2.27. The lowest BCUT2D eigenvalue weighted by Gasteiger charge is -2.28. The molecule has 0 amide bonds. The van der Waals surface area contributed by atoms with E-state index in [2.05, 4.69) is 295 Å². The van der Waals surface area contributed by atoms with Crippen LogP contribution < -0.4 is 9.47 Å². The molecule has 2 heterocycles. The van der Waals surface area contributed by atoms with Gasteiger partial charge in [-0.15, -0.1) is 0 Å². The molecule has 0 radical (unpaired) electrons. The van der Waals surface area contributed by atoms with Gasteiger partial charge in [0.1, 0.15) is 11.5 Å². The lowest BCUT2D eigenvalue weighted by molar-refractivity contribution is 0.301. The van der Waals surface area contributed by atoms with Gasteiger partial charge in [-0.3, -0.25) is 0 Å². The molecule has 11 rings (SSSR count). The van der Waals surface area contributed by atoms with Crippen LogP contribution in [0.5, 0.6) is 11.5 Å². The molecule has 0 unspecified atom stereocenters. The summed E-state index contributed by atoms with van der Waals surface area (Å²) in [6.45, 7) is 31.0. The van der Waals surface area contributed by atoms with Gasteiger partial charge in [0.15, 0.2) is 17.5 Å². The smallest absolute Gasteiger partial charge is 0.164 e. The minimum Gasteiger partial charge on any atom is -0.494 e. The van der Waals surface area contributed by atoms with Crippen LogP contribution in [0.25, 0.3) is 72.8 Å². The Bertz CT molecular complexity index is 4200. The predicted molar refractivity (Wildman–Crippen MR) is 379 cm³/mol. The fourth-order valence-corrected chi connectivity index (χ4v) is 13.0. The third-order valence-electron chi connectivity index (χ3n) is 18.8. The van der Waals surface area contributed by atoms with E-state index in [1.165, 1.54) is 99.3 Å². The summed E-state index contributed by atoms with van der Waals surface area (Å²) < 4.78 is 14.8. The first kappa shape index (κ1) is 63.0. The lowest BCUT2D eigenvalue weighted by Crippen LogP contribution is -2.20. The van der Waals surface area contributed by atoms with Crippen LogP contribution in [0.3, 0.4) is 0 Å². The first-order valence-corrected chi connectivity index (χ1v) is 32.9. The van der Waals surface area contributed by atoms with E-state index in [9.17, 15) is 0 Å². The monoisotopic (exact) mass is 1190 g/mol. The maximum atomic E-state index is 6.26. The molecule has 6 nitrogen and oxygen atoms in total. The van der Waals surface area contributed by atoms with E-state index in [4.69, 9.17) is 24.4 Å². The Morgan fingerprint density at radius 1 is 0.333 bits per heavy atom. The van der Waals surface area contributed by atoms with E-state index in [0.29, 0.717) is 17.5 Å². The number of aromatic nitrogens is 4. The summed E-state index contributed by atoms with van der Waals surface area (Å²) in [5.74, 6) is 3.77. The molecule has 0 saturated heterocycles. The van der Waals surface area contributed by atoms with Crippen molar-refractivity contribution < 1.29 is 9.47 Å². The summed E-state index contributed by atoms with van der Waals surface area (Å²) in [5.41, 5.74) is 19.7. The van der Waals surface area contributed by atoms with Crippen molar-refractivity contribution in [2.75, 3.05) is 13.2 Å². The standard InChI is InChI=1S/C84H92N4O2/c1-57-52-61(34-45-71(57)60-32-41-69(42-33-60)89-50-26-18-16-14-15-17-19-27-51-90-70-43-37-66(38-44-70)83(10,11)64-28-22-20-23-29-64)78-85-79(62-35-46-74(58(2)53-62)84(12,13)65-30-24-21-25-31-65)87-80(86-78)63-36-47-75(59(3)54-63)88-76-48-39-67(81(4,5)6)55-72(76)73-56-68(82(7,8)9)40-49-77(73)88/h20-25,28-49,52-56H,14-19,26-27,50-51H2,1-13H3. The molecule has 0 spiro atoms. The van der Waals surface area contributed by atoms with Crippen LogP contribution in [0.15, 0.2) is 200 Å². The Kier molecular flexibility index (Phi) is 18.5. The van der Waals surface area contributed by atoms with Crippen LogP contribution in [-0.4, -0.2) is 32.7 Å².